The van der Waals surface area contributed by atoms with Crippen molar-refractivity contribution >= 4 is 41.5 Å². The fourth-order valence-corrected chi connectivity index (χ4v) is 4.93. The standard InChI is InChI=1S/C28H50N8O11/c1-15(38)22(35-25(43)18(8-3-5-11-30)32-23(41)16(31)13-21(39)40)27(45)36-12-6-9-20(36)26(44)33-17(7-2-4-10-29)24(42)34-19(14-37)28(46)47/h15-20,22,37-38H,2-14,29-31H2,1H3,(H,32,41)(H,33,44)(H,34,42)(H,35,43)(H,39,40)(H,46,47)/t15-,16+,17+,18+,19+,20+,22+/m1/s1. The highest BCUT2D eigenvalue weighted by Gasteiger charge is 2.41. The summed E-state index contributed by atoms with van der Waals surface area (Å²) in [7, 11) is 0. The number of amides is 5. The second-order valence-corrected chi connectivity index (χ2v) is 11.4. The van der Waals surface area contributed by atoms with E-state index in [9.17, 15) is 48.9 Å². The normalized spacial score (nSPS) is 18.2. The van der Waals surface area contributed by atoms with E-state index in [1.165, 1.54) is 6.92 Å². The fourth-order valence-electron chi connectivity index (χ4n) is 4.93. The van der Waals surface area contributed by atoms with E-state index in [-0.39, 0.29) is 25.8 Å². The van der Waals surface area contributed by atoms with Gasteiger partial charge in [0.05, 0.1) is 25.2 Å². The predicted molar refractivity (Wildman–Crippen MR) is 165 cm³/mol. The molecule has 1 aliphatic heterocycles. The highest BCUT2D eigenvalue weighted by molar-refractivity contribution is 5.97. The van der Waals surface area contributed by atoms with Crippen molar-refractivity contribution in [1.82, 2.24) is 26.2 Å². The van der Waals surface area contributed by atoms with E-state index in [2.05, 4.69) is 21.3 Å². The molecule has 1 fully saturated rings. The van der Waals surface area contributed by atoms with Gasteiger partial charge >= 0.3 is 11.9 Å². The number of hydrogen-bond donors (Lipinski definition) is 11. The lowest BCUT2D eigenvalue weighted by atomic mass is 10.0. The summed E-state index contributed by atoms with van der Waals surface area (Å²) in [6, 6.07) is -8.17. The van der Waals surface area contributed by atoms with Gasteiger partial charge < -0.3 is 63.8 Å². The zero-order valence-electron chi connectivity index (χ0n) is 26.6. The molecule has 19 heteroatoms. The molecule has 0 spiro atoms. The Morgan fingerprint density at radius 3 is 1.83 bits per heavy atom. The Kier molecular flexibility index (Phi) is 18.4. The van der Waals surface area contributed by atoms with Crippen molar-refractivity contribution in [3.05, 3.63) is 0 Å². The first-order valence-corrected chi connectivity index (χ1v) is 15.6. The van der Waals surface area contributed by atoms with Crippen LogP contribution in [0.5, 0.6) is 0 Å². The molecule has 1 saturated heterocycles. The lowest BCUT2D eigenvalue weighted by Crippen LogP contribution is -2.61. The molecule has 0 bridgehead atoms. The summed E-state index contributed by atoms with van der Waals surface area (Å²) in [5.41, 5.74) is 16.7. The first-order valence-electron chi connectivity index (χ1n) is 15.6. The third kappa shape index (κ3) is 13.8. The molecule has 0 unspecified atom stereocenters. The van der Waals surface area contributed by atoms with Gasteiger partial charge in [-0.15, -0.1) is 0 Å². The zero-order chi connectivity index (χ0) is 35.7. The van der Waals surface area contributed by atoms with Gasteiger partial charge in [0.2, 0.25) is 29.5 Å². The lowest BCUT2D eigenvalue weighted by Gasteiger charge is -2.32. The van der Waals surface area contributed by atoms with Crippen molar-refractivity contribution in [3.8, 4) is 0 Å². The maximum Gasteiger partial charge on any atom is 0.328 e. The summed E-state index contributed by atoms with van der Waals surface area (Å²) >= 11 is 0. The largest absolute Gasteiger partial charge is 0.481 e. The summed E-state index contributed by atoms with van der Waals surface area (Å²) in [5, 5.41) is 47.4. The number of carboxylic acid groups (broad SMARTS) is 2. The van der Waals surface area contributed by atoms with E-state index in [1.54, 1.807) is 0 Å². The Labute approximate surface area is 272 Å². The quantitative estimate of drug-likeness (QED) is 0.0482. The number of carbonyl (C=O) groups is 7. The summed E-state index contributed by atoms with van der Waals surface area (Å²) in [5.74, 6) is -6.95. The van der Waals surface area contributed by atoms with Gasteiger partial charge in [-0.25, -0.2) is 4.79 Å². The molecule has 0 aliphatic carbocycles. The smallest absolute Gasteiger partial charge is 0.328 e. The van der Waals surface area contributed by atoms with Crippen molar-refractivity contribution in [2.24, 2.45) is 17.2 Å². The number of carbonyl (C=O) groups excluding carboxylic acids is 5. The van der Waals surface area contributed by atoms with Gasteiger partial charge in [-0.2, -0.15) is 0 Å². The monoisotopic (exact) mass is 674 g/mol. The predicted octanol–water partition coefficient (Wildman–Crippen LogP) is -4.57. The first-order chi connectivity index (χ1) is 22.2. The molecule has 0 aromatic heterocycles. The number of hydrogen-bond acceptors (Lipinski definition) is 12. The van der Waals surface area contributed by atoms with Crippen LogP contribution in [-0.2, 0) is 33.6 Å². The van der Waals surface area contributed by atoms with E-state index in [0.29, 0.717) is 45.2 Å². The van der Waals surface area contributed by atoms with Crippen LogP contribution in [0.4, 0.5) is 0 Å². The molecular weight excluding hydrogens is 624 g/mol. The van der Waals surface area contributed by atoms with Crippen LogP contribution in [-0.4, -0.2) is 135 Å². The van der Waals surface area contributed by atoms with Crippen LogP contribution in [0.3, 0.4) is 0 Å². The molecule has 268 valence electrons. The lowest BCUT2D eigenvalue weighted by molar-refractivity contribution is -0.145. The second kappa shape index (κ2) is 21.1. The maximum atomic E-state index is 13.7. The number of aliphatic carboxylic acids is 2. The number of nitrogens with one attached hydrogen (secondary N) is 4. The van der Waals surface area contributed by atoms with Gasteiger partial charge in [0.15, 0.2) is 0 Å². The molecule has 5 amide bonds. The van der Waals surface area contributed by atoms with Crippen LogP contribution in [0.2, 0.25) is 0 Å². The highest BCUT2D eigenvalue weighted by atomic mass is 16.4. The van der Waals surface area contributed by atoms with E-state index < -0.39 is 96.9 Å². The van der Waals surface area contributed by atoms with Gasteiger partial charge in [-0.1, -0.05) is 0 Å². The minimum atomic E-state index is -1.60. The summed E-state index contributed by atoms with van der Waals surface area (Å²) in [6.07, 6.45) is 0.359. The first kappa shape index (κ1) is 41.1. The Balaban J connectivity index is 3.13. The SMILES string of the molecule is C[C@@H](O)[C@H](NC(=O)[C@H](CCCCN)NC(=O)[C@@H](N)CC(=O)O)C(=O)N1CCC[C@H]1C(=O)N[C@@H](CCCCN)C(=O)N[C@@H](CO)C(=O)O. The fraction of sp³-hybridized carbons (Fsp3) is 0.750. The van der Waals surface area contributed by atoms with E-state index >= 15 is 0 Å². The number of aliphatic hydroxyl groups is 2. The Hall–Kier alpha value is -3.91. The highest BCUT2D eigenvalue weighted by Crippen LogP contribution is 2.20. The summed E-state index contributed by atoms with van der Waals surface area (Å²) in [4.78, 5) is 89.1. The van der Waals surface area contributed by atoms with Gasteiger partial charge in [0.1, 0.15) is 30.2 Å². The Bertz CT molecular complexity index is 1090. The van der Waals surface area contributed by atoms with Crippen LogP contribution in [0.1, 0.15) is 64.7 Å². The third-order valence-electron chi connectivity index (χ3n) is 7.57. The Morgan fingerprint density at radius 2 is 1.34 bits per heavy atom. The maximum absolute atomic E-state index is 13.7. The van der Waals surface area contributed by atoms with Gasteiger partial charge in [0.25, 0.3) is 0 Å². The molecule has 1 heterocycles. The molecule has 7 atom stereocenters. The number of unbranched alkanes of at least 4 members (excludes halogenated alkanes) is 2. The number of rotatable bonds is 22. The molecule has 14 N–H and O–H groups in total. The second-order valence-electron chi connectivity index (χ2n) is 11.4. The van der Waals surface area contributed by atoms with Crippen molar-refractivity contribution in [2.75, 3.05) is 26.2 Å². The number of aliphatic hydroxyl groups excluding tert-OH is 2. The molecule has 0 aromatic carbocycles. The zero-order valence-corrected chi connectivity index (χ0v) is 26.6. The minimum absolute atomic E-state index is 0.0661. The van der Waals surface area contributed by atoms with Crippen LogP contribution < -0.4 is 38.5 Å². The van der Waals surface area contributed by atoms with E-state index in [1.807, 2.05) is 0 Å². The molecule has 47 heavy (non-hydrogen) atoms. The van der Waals surface area contributed by atoms with Gasteiger partial charge in [-0.3, -0.25) is 28.8 Å². The van der Waals surface area contributed by atoms with Crippen molar-refractivity contribution in [1.29, 1.82) is 0 Å². The Morgan fingerprint density at radius 1 is 0.809 bits per heavy atom. The number of carboxylic acids is 2. The van der Waals surface area contributed by atoms with E-state index in [4.69, 9.17) is 22.3 Å². The molecule has 1 rings (SSSR count). The topological polar surface area (TPSA) is 330 Å². The molecule has 0 radical (unpaired) electrons. The molecule has 1 aliphatic rings. The molecule has 0 saturated carbocycles. The minimum Gasteiger partial charge on any atom is -0.481 e. The van der Waals surface area contributed by atoms with Crippen LogP contribution in [0.15, 0.2) is 0 Å². The van der Waals surface area contributed by atoms with Crippen molar-refractivity contribution in [3.63, 3.8) is 0 Å². The number of nitrogens with zero attached hydrogens (tertiary/aromatic N) is 1. The average Bonchev–Trinajstić information content (AvgIpc) is 3.50. The van der Waals surface area contributed by atoms with Gasteiger partial charge in [0, 0.05) is 6.54 Å². The van der Waals surface area contributed by atoms with Crippen molar-refractivity contribution in [2.45, 2.75) is 107 Å². The van der Waals surface area contributed by atoms with Crippen LogP contribution in [0.25, 0.3) is 0 Å². The summed E-state index contributed by atoms with van der Waals surface area (Å²) < 4.78 is 0. The summed E-state index contributed by atoms with van der Waals surface area (Å²) in [6.45, 7) is 1.05. The van der Waals surface area contributed by atoms with Crippen LogP contribution in [0, 0.1) is 0 Å². The van der Waals surface area contributed by atoms with Crippen LogP contribution >= 0.6 is 0 Å². The number of nitrogens with two attached hydrogens (primary N) is 3. The average molecular weight is 675 g/mol. The third-order valence-corrected chi connectivity index (χ3v) is 7.57. The molecule has 0 aromatic rings. The molecule has 19 nitrogen and oxygen atoms in total. The van der Waals surface area contributed by atoms with Crippen molar-refractivity contribution < 1.29 is 54.0 Å². The van der Waals surface area contributed by atoms with E-state index in [0.717, 1.165) is 4.90 Å². The molecular formula is C28H50N8O11. The number of likely N-dealkylation sites (tertiary alicyclic amines) is 1. The van der Waals surface area contributed by atoms with Gasteiger partial charge in [-0.05, 0) is 71.4 Å².